The number of unbranched alkanes of at least 4 members (excludes halogenated alkanes) is 4. The van der Waals surface area contributed by atoms with Gasteiger partial charge in [0.05, 0.1) is 0 Å². The van der Waals surface area contributed by atoms with Crippen molar-refractivity contribution >= 4 is 17.7 Å². The van der Waals surface area contributed by atoms with Crippen LogP contribution in [-0.4, -0.2) is 16.8 Å². The molecule has 2 aromatic carbocycles. The molecular formula is C20H24O3S. The average molecular weight is 344 g/mol. The van der Waals surface area contributed by atoms with E-state index < -0.39 is 5.97 Å². The number of phenols is 1. The molecule has 0 bridgehead atoms. The maximum Gasteiger partial charge on any atom is 0.347 e. The second kappa shape index (κ2) is 10.0. The summed E-state index contributed by atoms with van der Waals surface area (Å²) in [6.45, 7) is 2.22. The van der Waals surface area contributed by atoms with E-state index >= 15 is 0 Å². The minimum absolute atomic E-state index is 0.0693. The standard InChI is InChI=1S/C20H24O3S/c1-2-3-4-5-8-14-24-17-11-9-10-16(15-17)23-20(22)18-12-6-7-13-19(18)21/h6-7,9-13,15,21H,2-5,8,14H2,1H3. The third kappa shape index (κ3) is 5.93. The maximum absolute atomic E-state index is 12.1. The highest BCUT2D eigenvalue weighted by molar-refractivity contribution is 7.99. The Morgan fingerprint density at radius 3 is 2.62 bits per heavy atom. The first-order valence-electron chi connectivity index (χ1n) is 8.43. The largest absolute Gasteiger partial charge is 0.507 e. The Labute approximate surface area is 148 Å². The summed E-state index contributed by atoms with van der Waals surface area (Å²) in [5, 5.41) is 9.71. The fraction of sp³-hybridized carbons (Fsp3) is 0.350. The first-order chi connectivity index (χ1) is 11.7. The number of esters is 1. The van der Waals surface area contributed by atoms with Crippen LogP contribution in [0.5, 0.6) is 11.5 Å². The van der Waals surface area contributed by atoms with Gasteiger partial charge in [-0.1, -0.05) is 50.8 Å². The lowest BCUT2D eigenvalue weighted by molar-refractivity contribution is 0.0731. The lowest BCUT2D eigenvalue weighted by Crippen LogP contribution is -2.08. The minimum atomic E-state index is -0.546. The van der Waals surface area contributed by atoms with E-state index in [0.717, 1.165) is 10.6 Å². The Balaban J connectivity index is 1.86. The molecule has 0 heterocycles. The van der Waals surface area contributed by atoms with E-state index in [2.05, 4.69) is 6.92 Å². The smallest absolute Gasteiger partial charge is 0.347 e. The Hall–Kier alpha value is -1.94. The zero-order valence-electron chi connectivity index (χ0n) is 14.0. The second-order valence-corrected chi connectivity index (χ2v) is 6.81. The molecule has 0 aromatic heterocycles. The van der Waals surface area contributed by atoms with Gasteiger partial charge in [0.2, 0.25) is 0 Å². The molecule has 0 unspecified atom stereocenters. The summed E-state index contributed by atoms with van der Waals surface area (Å²) in [4.78, 5) is 13.2. The first-order valence-corrected chi connectivity index (χ1v) is 9.42. The van der Waals surface area contributed by atoms with Crippen LogP contribution >= 0.6 is 11.8 Å². The van der Waals surface area contributed by atoms with Crippen LogP contribution in [0.15, 0.2) is 53.4 Å². The number of carbonyl (C=O) groups excluding carboxylic acids is 1. The van der Waals surface area contributed by atoms with Gasteiger partial charge in [-0.25, -0.2) is 4.79 Å². The fourth-order valence-electron chi connectivity index (χ4n) is 2.33. The summed E-state index contributed by atoms with van der Waals surface area (Å²) in [6, 6.07) is 13.9. The topological polar surface area (TPSA) is 46.5 Å². The van der Waals surface area contributed by atoms with Crippen LogP contribution in [0.2, 0.25) is 0 Å². The van der Waals surface area contributed by atoms with Gasteiger partial charge in [0, 0.05) is 4.90 Å². The van der Waals surface area contributed by atoms with Crippen molar-refractivity contribution in [3.8, 4) is 11.5 Å². The monoisotopic (exact) mass is 344 g/mol. The third-order valence-electron chi connectivity index (χ3n) is 3.66. The summed E-state index contributed by atoms with van der Waals surface area (Å²) >= 11 is 1.78. The molecule has 0 spiro atoms. The molecule has 1 N–H and O–H groups in total. The van der Waals surface area contributed by atoms with Crippen LogP contribution in [0.3, 0.4) is 0 Å². The normalized spacial score (nSPS) is 10.5. The molecule has 0 fully saturated rings. The second-order valence-electron chi connectivity index (χ2n) is 5.64. The first kappa shape index (κ1) is 18.4. The van der Waals surface area contributed by atoms with Gasteiger partial charge in [-0.2, -0.15) is 0 Å². The summed E-state index contributed by atoms with van der Waals surface area (Å²) in [5.41, 5.74) is 0.173. The molecule has 0 saturated carbocycles. The van der Waals surface area contributed by atoms with Crippen LogP contribution < -0.4 is 4.74 Å². The van der Waals surface area contributed by atoms with Gasteiger partial charge in [0.25, 0.3) is 0 Å². The van der Waals surface area contributed by atoms with Crippen molar-refractivity contribution in [2.24, 2.45) is 0 Å². The van der Waals surface area contributed by atoms with Gasteiger partial charge in [-0.05, 0) is 42.5 Å². The number of hydrogen-bond acceptors (Lipinski definition) is 4. The highest BCUT2D eigenvalue weighted by Crippen LogP contribution is 2.25. The van der Waals surface area contributed by atoms with Crippen molar-refractivity contribution in [3.05, 3.63) is 54.1 Å². The van der Waals surface area contributed by atoms with Crippen molar-refractivity contribution in [3.63, 3.8) is 0 Å². The predicted molar refractivity (Wildman–Crippen MR) is 99.0 cm³/mol. The number of aromatic hydroxyl groups is 1. The molecule has 0 saturated heterocycles. The van der Waals surface area contributed by atoms with Gasteiger partial charge in [-0.3, -0.25) is 0 Å². The molecule has 24 heavy (non-hydrogen) atoms. The van der Waals surface area contributed by atoms with Gasteiger partial charge in [-0.15, -0.1) is 11.8 Å². The zero-order valence-corrected chi connectivity index (χ0v) is 14.8. The van der Waals surface area contributed by atoms with E-state index in [1.165, 1.54) is 38.2 Å². The Kier molecular flexibility index (Phi) is 7.69. The van der Waals surface area contributed by atoms with Crippen molar-refractivity contribution < 1.29 is 14.6 Å². The number of phenolic OH excluding ortho intramolecular Hbond substituents is 1. The van der Waals surface area contributed by atoms with E-state index in [1.54, 1.807) is 36.0 Å². The molecule has 2 rings (SSSR count). The maximum atomic E-state index is 12.1. The number of para-hydroxylation sites is 1. The van der Waals surface area contributed by atoms with Gasteiger partial charge in [0.15, 0.2) is 0 Å². The van der Waals surface area contributed by atoms with E-state index in [4.69, 9.17) is 4.74 Å². The average Bonchev–Trinajstić information content (AvgIpc) is 2.58. The van der Waals surface area contributed by atoms with Crippen molar-refractivity contribution in [1.82, 2.24) is 0 Å². The zero-order chi connectivity index (χ0) is 17.2. The molecule has 128 valence electrons. The molecule has 0 aliphatic heterocycles. The summed E-state index contributed by atoms with van der Waals surface area (Å²) < 4.78 is 5.37. The lowest BCUT2D eigenvalue weighted by Gasteiger charge is -2.07. The highest BCUT2D eigenvalue weighted by Gasteiger charge is 2.13. The predicted octanol–water partition coefficient (Wildman–Crippen LogP) is 5.67. The molecule has 4 heteroatoms. The Morgan fingerprint density at radius 1 is 1.04 bits per heavy atom. The van der Waals surface area contributed by atoms with Gasteiger partial charge in [0.1, 0.15) is 17.1 Å². The van der Waals surface area contributed by atoms with E-state index in [0.29, 0.717) is 5.75 Å². The number of rotatable bonds is 9. The molecular weight excluding hydrogens is 320 g/mol. The summed E-state index contributed by atoms with van der Waals surface area (Å²) in [7, 11) is 0. The van der Waals surface area contributed by atoms with E-state index in [9.17, 15) is 9.90 Å². The molecule has 0 atom stereocenters. The minimum Gasteiger partial charge on any atom is -0.507 e. The Bertz CT molecular complexity index is 655. The fourth-order valence-corrected chi connectivity index (χ4v) is 3.29. The summed E-state index contributed by atoms with van der Waals surface area (Å²) in [5.74, 6) is 0.954. The van der Waals surface area contributed by atoms with Crippen molar-refractivity contribution in [1.29, 1.82) is 0 Å². The SMILES string of the molecule is CCCCCCCSc1cccc(OC(=O)c2ccccc2O)c1. The number of ether oxygens (including phenoxy) is 1. The summed E-state index contributed by atoms with van der Waals surface area (Å²) in [6.07, 6.45) is 6.34. The van der Waals surface area contributed by atoms with Gasteiger partial charge >= 0.3 is 5.97 Å². The number of carbonyl (C=O) groups is 1. The van der Waals surface area contributed by atoms with Crippen molar-refractivity contribution in [2.45, 2.75) is 43.9 Å². The Morgan fingerprint density at radius 2 is 1.83 bits per heavy atom. The molecule has 0 aliphatic rings. The molecule has 3 nitrogen and oxygen atoms in total. The highest BCUT2D eigenvalue weighted by atomic mass is 32.2. The van der Waals surface area contributed by atoms with Crippen LogP contribution in [0, 0.1) is 0 Å². The molecule has 0 radical (unpaired) electrons. The number of thioether (sulfide) groups is 1. The van der Waals surface area contributed by atoms with E-state index in [-0.39, 0.29) is 11.3 Å². The van der Waals surface area contributed by atoms with Gasteiger partial charge < -0.3 is 9.84 Å². The molecule has 2 aromatic rings. The van der Waals surface area contributed by atoms with Crippen molar-refractivity contribution in [2.75, 3.05) is 5.75 Å². The van der Waals surface area contributed by atoms with Crippen LogP contribution in [0.25, 0.3) is 0 Å². The third-order valence-corrected chi connectivity index (χ3v) is 4.74. The van der Waals surface area contributed by atoms with Crippen LogP contribution in [-0.2, 0) is 0 Å². The molecule has 0 amide bonds. The van der Waals surface area contributed by atoms with E-state index in [1.807, 2.05) is 18.2 Å². The quantitative estimate of drug-likeness (QED) is 0.275. The van der Waals surface area contributed by atoms with Crippen LogP contribution in [0.4, 0.5) is 0 Å². The molecule has 0 aliphatic carbocycles. The van der Waals surface area contributed by atoms with Crippen LogP contribution in [0.1, 0.15) is 49.4 Å². The number of hydrogen-bond donors (Lipinski definition) is 1. The number of benzene rings is 2. The lowest BCUT2D eigenvalue weighted by atomic mass is 10.2.